The minimum absolute atomic E-state index is 0.0481. The Morgan fingerprint density at radius 1 is 1.57 bits per heavy atom. The van der Waals surface area contributed by atoms with Crippen LogP contribution in [0.3, 0.4) is 0 Å². The molecule has 78 valence electrons. The first-order valence-corrected chi connectivity index (χ1v) is 4.38. The molecule has 0 radical (unpaired) electrons. The van der Waals surface area contributed by atoms with Gasteiger partial charge in [0.15, 0.2) is 0 Å². The van der Waals surface area contributed by atoms with Gasteiger partial charge in [-0.15, -0.1) is 0 Å². The van der Waals surface area contributed by atoms with Crippen LogP contribution in [0.5, 0.6) is 0 Å². The number of hydrogen-bond donors (Lipinski definition) is 1. The average Bonchev–Trinajstić information content (AvgIpc) is 2.09. The summed E-state index contributed by atoms with van der Waals surface area (Å²) in [7, 11) is 0. The minimum atomic E-state index is -0.682. The van der Waals surface area contributed by atoms with Gasteiger partial charge in [-0.3, -0.25) is 0 Å². The molecule has 0 aliphatic carbocycles. The summed E-state index contributed by atoms with van der Waals surface area (Å²) >= 11 is 5.44. The second-order valence-corrected chi connectivity index (χ2v) is 3.24. The van der Waals surface area contributed by atoms with Crippen LogP contribution >= 0.6 is 11.6 Å². The molecule has 0 rings (SSSR count). The van der Waals surface area contributed by atoms with Gasteiger partial charge >= 0.3 is 5.97 Å². The fraction of sp³-hybridized carbons (Fsp3) is 0.300. The van der Waals surface area contributed by atoms with Crippen molar-refractivity contribution < 1.29 is 14.6 Å². The molecule has 0 bridgehead atoms. The van der Waals surface area contributed by atoms with Crippen molar-refractivity contribution in [1.29, 1.82) is 0 Å². The van der Waals surface area contributed by atoms with E-state index in [1.54, 1.807) is 0 Å². The lowest BCUT2D eigenvalue weighted by Crippen LogP contribution is -2.15. The van der Waals surface area contributed by atoms with Gasteiger partial charge in [-0.05, 0) is 19.1 Å². The predicted octanol–water partition coefficient (Wildman–Crippen LogP) is 1.78. The van der Waals surface area contributed by atoms with Crippen LogP contribution < -0.4 is 0 Å². The highest BCUT2D eigenvalue weighted by Gasteiger charge is 2.06. The third-order valence-corrected chi connectivity index (χ3v) is 1.31. The van der Waals surface area contributed by atoms with Gasteiger partial charge in [0.05, 0.1) is 11.7 Å². The van der Waals surface area contributed by atoms with Crippen LogP contribution in [0.2, 0.25) is 0 Å². The maximum atomic E-state index is 11.1. The van der Waals surface area contributed by atoms with E-state index in [1.807, 2.05) is 0 Å². The standard InChI is InChI=1S/C10H13ClO3/c1-7(4-5-8(2)11)10(13)14-6-9(3)12/h4-5,9,12H,1-2,6H2,3H3. The summed E-state index contributed by atoms with van der Waals surface area (Å²) in [5.41, 5.74) is 0.160. The number of hydrogen-bond acceptors (Lipinski definition) is 3. The number of aliphatic hydroxyl groups is 1. The third kappa shape index (κ3) is 6.46. The normalized spacial score (nSPS) is 12.5. The molecule has 0 aliphatic heterocycles. The molecule has 0 fully saturated rings. The van der Waals surface area contributed by atoms with E-state index in [4.69, 9.17) is 16.7 Å². The van der Waals surface area contributed by atoms with E-state index in [2.05, 4.69) is 17.9 Å². The Morgan fingerprint density at radius 2 is 2.14 bits per heavy atom. The van der Waals surface area contributed by atoms with E-state index in [0.717, 1.165) is 0 Å². The molecule has 0 aromatic rings. The Morgan fingerprint density at radius 3 is 2.57 bits per heavy atom. The first-order chi connectivity index (χ1) is 6.43. The van der Waals surface area contributed by atoms with Gasteiger partial charge in [-0.25, -0.2) is 4.79 Å². The lowest BCUT2D eigenvalue weighted by molar-refractivity contribution is -0.141. The number of allylic oxidation sites excluding steroid dienone is 2. The van der Waals surface area contributed by atoms with E-state index in [1.165, 1.54) is 19.1 Å². The molecule has 4 heteroatoms. The molecule has 1 atom stereocenters. The quantitative estimate of drug-likeness (QED) is 0.433. The minimum Gasteiger partial charge on any atom is -0.459 e. The summed E-state index contributed by atoms with van der Waals surface area (Å²) in [6.45, 7) is 8.34. The molecular formula is C10H13ClO3. The zero-order chi connectivity index (χ0) is 11.1. The van der Waals surface area contributed by atoms with E-state index in [9.17, 15) is 4.79 Å². The zero-order valence-corrected chi connectivity index (χ0v) is 8.75. The number of ether oxygens (including phenoxy) is 1. The van der Waals surface area contributed by atoms with Crippen molar-refractivity contribution in [3.63, 3.8) is 0 Å². The largest absolute Gasteiger partial charge is 0.459 e. The molecule has 3 nitrogen and oxygen atoms in total. The highest BCUT2D eigenvalue weighted by atomic mass is 35.5. The SMILES string of the molecule is C=C(Cl)C=CC(=C)C(=O)OCC(C)O. The Bertz CT molecular complexity index is 267. The first-order valence-electron chi connectivity index (χ1n) is 4.00. The van der Waals surface area contributed by atoms with Gasteiger partial charge in [0.25, 0.3) is 0 Å². The molecule has 0 aromatic carbocycles. The Labute approximate surface area is 88.3 Å². The summed E-state index contributed by atoms with van der Waals surface area (Å²) < 4.78 is 4.69. The summed E-state index contributed by atoms with van der Waals surface area (Å²) in [4.78, 5) is 11.1. The molecule has 0 spiro atoms. The summed E-state index contributed by atoms with van der Waals surface area (Å²) in [5, 5.41) is 9.14. The molecule has 0 saturated heterocycles. The highest BCUT2D eigenvalue weighted by molar-refractivity contribution is 6.30. The van der Waals surface area contributed by atoms with Gasteiger partial charge in [0, 0.05) is 5.03 Å². The van der Waals surface area contributed by atoms with Crippen LogP contribution in [0, 0.1) is 0 Å². The Balaban J connectivity index is 4.01. The van der Waals surface area contributed by atoms with E-state index >= 15 is 0 Å². The highest BCUT2D eigenvalue weighted by Crippen LogP contribution is 2.03. The lowest BCUT2D eigenvalue weighted by atomic mass is 10.3. The second kappa shape index (κ2) is 6.40. The molecule has 0 heterocycles. The third-order valence-electron chi connectivity index (χ3n) is 1.18. The number of rotatable bonds is 5. The van der Waals surface area contributed by atoms with E-state index in [-0.39, 0.29) is 12.2 Å². The first kappa shape index (κ1) is 12.9. The predicted molar refractivity (Wildman–Crippen MR) is 55.9 cm³/mol. The van der Waals surface area contributed by atoms with Crippen molar-refractivity contribution >= 4 is 17.6 Å². The maximum absolute atomic E-state index is 11.1. The molecule has 0 saturated carbocycles. The van der Waals surface area contributed by atoms with Crippen LogP contribution in [-0.2, 0) is 9.53 Å². The van der Waals surface area contributed by atoms with Crippen molar-refractivity contribution in [3.05, 3.63) is 35.9 Å². The van der Waals surface area contributed by atoms with Gasteiger partial charge in [-0.2, -0.15) is 0 Å². The molecule has 0 aliphatic rings. The smallest absolute Gasteiger partial charge is 0.337 e. The Kier molecular flexibility index (Phi) is 5.92. The number of carbonyl (C=O) groups excluding carboxylic acids is 1. The maximum Gasteiger partial charge on any atom is 0.337 e. The van der Waals surface area contributed by atoms with Crippen LogP contribution in [0.15, 0.2) is 35.9 Å². The summed E-state index contributed by atoms with van der Waals surface area (Å²) in [5.74, 6) is -0.583. The topological polar surface area (TPSA) is 46.5 Å². The van der Waals surface area contributed by atoms with Crippen molar-refractivity contribution in [2.45, 2.75) is 13.0 Å². The average molecular weight is 217 g/mol. The van der Waals surface area contributed by atoms with Crippen LogP contribution in [-0.4, -0.2) is 23.8 Å². The van der Waals surface area contributed by atoms with E-state index in [0.29, 0.717) is 5.03 Å². The van der Waals surface area contributed by atoms with E-state index < -0.39 is 12.1 Å². The number of halogens is 1. The lowest BCUT2D eigenvalue weighted by Gasteiger charge is -2.05. The number of esters is 1. The van der Waals surface area contributed by atoms with Crippen LogP contribution in [0.4, 0.5) is 0 Å². The van der Waals surface area contributed by atoms with Crippen molar-refractivity contribution in [2.75, 3.05) is 6.61 Å². The summed E-state index contributed by atoms with van der Waals surface area (Å²) in [6, 6.07) is 0. The van der Waals surface area contributed by atoms with Crippen LogP contribution in [0.1, 0.15) is 6.92 Å². The fourth-order valence-electron chi connectivity index (χ4n) is 0.548. The molecule has 14 heavy (non-hydrogen) atoms. The zero-order valence-electron chi connectivity index (χ0n) is 8.00. The van der Waals surface area contributed by atoms with Crippen LogP contribution in [0.25, 0.3) is 0 Å². The molecule has 0 aromatic heterocycles. The van der Waals surface area contributed by atoms with Gasteiger partial charge in [0.1, 0.15) is 6.61 Å². The molecule has 1 unspecified atom stereocenters. The Hall–Kier alpha value is -1.06. The van der Waals surface area contributed by atoms with Crippen molar-refractivity contribution in [2.24, 2.45) is 0 Å². The van der Waals surface area contributed by atoms with Crippen molar-refractivity contribution in [1.82, 2.24) is 0 Å². The fourth-order valence-corrected chi connectivity index (χ4v) is 0.611. The number of carbonyl (C=O) groups is 1. The number of aliphatic hydroxyl groups excluding tert-OH is 1. The van der Waals surface area contributed by atoms with Gasteiger partial charge < -0.3 is 9.84 Å². The molecule has 0 amide bonds. The van der Waals surface area contributed by atoms with Gasteiger partial charge in [-0.1, -0.05) is 24.8 Å². The molecule has 1 N–H and O–H groups in total. The van der Waals surface area contributed by atoms with Gasteiger partial charge in [0.2, 0.25) is 0 Å². The second-order valence-electron chi connectivity index (χ2n) is 2.75. The molecular weight excluding hydrogens is 204 g/mol. The monoisotopic (exact) mass is 216 g/mol. The van der Waals surface area contributed by atoms with Crippen molar-refractivity contribution in [3.8, 4) is 0 Å². The summed E-state index contributed by atoms with van der Waals surface area (Å²) in [6.07, 6.45) is 2.16.